The van der Waals surface area contributed by atoms with Crippen LogP contribution in [-0.4, -0.2) is 37.2 Å². The second-order valence-electron chi connectivity index (χ2n) is 18.8. The normalized spacial score (nSPS) is 13.4. The molecule has 1 atom stereocenters. The van der Waals surface area contributed by atoms with Gasteiger partial charge in [0.1, 0.15) is 13.2 Å². The molecule has 0 aromatic carbocycles. The minimum Gasteiger partial charge on any atom is -0.462 e. The van der Waals surface area contributed by atoms with E-state index in [0.29, 0.717) is 19.3 Å². The molecule has 6 heteroatoms. The second-order valence-corrected chi connectivity index (χ2v) is 18.8. The van der Waals surface area contributed by atoms with Crippen molar-refractivity contribution < 1.29 is 28.6 Å². The molecular formula is C69H106O6. The van der Waals surface area contributed by atoms with E-state index in [1.165, 1.54) is 6.42 Å². The van der Waals surface area contributed by atoms with Crippen molar-refractivity contribution in [1.82, 2.24) is 0 Å². The first-order valence-corrected chi connectivity index (χ1v) is 29.6. The molecule has 6 nitrogen and oxygen atoms in total. The second kappa shape index (κ2) is 61.3. The Morgan fingerprint density at radius 1 is 0.280 bits per heavy atom. The van der Waals surface area contributed by atoms with Gasteiger partial charge in [0.25, 0.3) is 0 Å². The number of ether oxygens (including phenoxy) is 3. The first kappa shape index (κ1) is 69.8. The molecule has 0 rings (SSSR count). The number of esters is 3. The van der Waals surface area contributed by atoms with Gasteiger partial charge in [-0.1, -0.05) is 229 Å². The summed E-state index contributed by atoms with van der Waals surface area (Å²) in [5, 5.41) is 0. The van der Waals surface area contributed by atoms with Gasteiger partial charge in [-0.25, -0.2) is 0 Å². The maximum Gasteiger partial charge on any atom is 0.306 e. The number of hydrogen-bond acceptors (Lipinski definition) is 6. The highest BCUT2D eigenvalue weighted by atomic mass is 16.6. The minimum absolute atomic E-state index is 0.118. The Kier molecular flexibility index (Phi) is 57.0. The lowest BCUT2D eigenvalue weighted by molar-refractivity contribution is -0.167. The Morgan fingerprint density at radius 2 is 0.520 bits per heavy atom. The minimum atomic E-state index is -0.826. The number of unbranched alkanes of at least 4 members (excludes halogenated alkanes) is 12. The Morgan fingerprint density at radius 3 is 0.840 bits per heavy atom. The zero-order valence-corrected chi connectivity index (χ0v) is 47.7. The van der Waals surface area contributed by atoms with Crippen LogP contribution in [0.5, 0.6) is 0 Å². The standard InChI is InChI=1S/C69H106O6/c1-4-7-10-13-16-19-22-25-27-28-29-30-31-32-33-34-35-36-37-38-39-40-42-44-47-50-53-56-59-62-68(71)74-65-66(64-73-67(70)61-58-55-52-49-46-43-24-21-18-15-12-9-6-3)75-69(72)63-60-57-54-51-48-45-41-26-23-20-17-14-11-8-5-2/h7-8,10-12,15-17,19-21,24-27,29-30,32-33,35-36,38-39,41-42,44,48,51,66H,4-6,9,13-14,18,22-23,28,31,34,37,40,43,45-47,49-50,52-65H2,1-3H3/b10-7-,11-8-,15-12-,19-16-,20-17-,24-21-,27-25-,30-29-,33-32-,36-35-,39-38-,41-26-,44-42-,51-48-. The molecule has 0 aliphatic carbocycles. The number of carbonyl (C=O) groups is 3. The van der Waals surface area contributed by atoms with Gasteiger partial charge < -0.3 is 14.2 Å². The topological polar surface area (TPSA) is 78.9 Å². The van der Waals surface area contributed by atoms with Crippen LogP contribution in [0.2, 0.25) is 0 Å². The van der Waals surface area contributed by atoms with Crippen LogP contribution in [0.4, 0.5) is 0 Å². The molecule has 0 aromatic rings. The molecule has 1 unspecified atom stereocenters. The highest BCUT2D eigenvalue weighted by Gasteiger charge is 2.19. The molecule has 0 fully saturated rings. The maximum atomic E-state index is 12.8. The van der Waals surface area contributed by atoms with Crippen LogP contribution in [0.3, 0.4) is 0 Å². The predicted octanol–water partition coefficient (Wildman–Crippen LogP) is 20.3. The van der Waals surface area contributed by atoms with E-state index in [9.17, 15) is 14.4 Å². The molecule has 0 aliphatic heterocycles. The van der Waals surface area contributed by atoms with Crippen LogP contribution >= 0.6 is 0 Å². The molecule has 0 N–H and O–H groups in total. The summed E-state index contributed by atoms with van der Waals surface area (Å²) in [4.78, 5) is 38.1. The monoisotopic (exact) mass is 1030 g/mol. The Balaban J connectivity index is 4.45. The van der Waals surface area contributed by atoms with Gasteiger partial charge in [0.15, 0.2) is 6.10 Å². The number of rotatable bonds is 51. The molecule has 75 heavy (non-hydrogen) atoms. The fourth-order valence-electron chi connectivity index (χ4n) is 7.31. The Hall–Kier alpha value is -5.23. The average molecular weight is 1030 g/mol. The maximum absolute atomic E-state index is 12.8. The number of hydrogen-bond donors (Lipinski definition) is 0. The molecule has 418 valence electrons. The summed E-state index contributed by atoms with van der Waals surface area (Å²) in [6.45, 7) is 6.25. The molecule has 0 radical (unpaired) electrons. The molecule has 0 bridgehead atoms. The van der Waals surface area contributed by atoms with Crippen molar-refractivity contribution in [2.75, 3.05) is 13.2 Å². The smallest absolute Gasteiger partial charge is 0.306 e. The largest absolute Gasteiger partial charge is 0.462 e. The van der Waals surface area contributed by atoms with E-state index in [2.05, 4.69) is 191 Å². The summed E-state index contributed by atoms with van der Waals surface area (Å²) in [6.07, 6.45) is 90.7. The van der Waals surface area contributed by atoms with Gasteiger partial charge in [0, 0.05) is 19.3 Å². The van der Waals surface area contributed by atoms with E-state index < -0.39 is 6.10 Å². The van der Waals surface area contributed by atoms with Crippen LogP contribution in [0, 0.1) is 0 Å². The van der Waals surface area contributed by atoms with Gasteiger partial charge in [-0.05, 0) is 148 Å². The third kappa shape index (κ3) is 59.5. The Labute approximate surface area is 460 Å². The molecule has 0 aliphatic rings. The molecule has 0 saturated heterocycles. The zero-order chi connectivity index (χ0) is 54.3. The summed E-state index contributed by atoms with van der Waals surface area (Å²) < 4.78 is 16.8. The van der Waals surface area contributed by atoms with E-state index in [1.807, 2.05) is 0 Å². The summed E-state index contributed by atoms with van der Waals surface area (Å²) >= 11 is 0. The van der Waals surface area contributed by atoms with Gasteiger partial charge in [0.2, 0.25) is 0 Å². The van der Waals surface area contributed by atoms with Gasteiger partial charge in [-0.3, -0.25) is 14.4 Å². The fourth-order valence-corrected chi connectivity index (χ4v) is 7.31. The molecule has 0 spiro atoms. The van der Waals surface area contributed by atoms with Gasteiger partial charge in [-0.2, -0.15) is 0 Å². The summed E-state index contributed by atoms with van der Waals surface area (Å²) in [6, 6.07) is 0. The van der Waals surface area contributed by atoms with Crippen molar-refractivity contribution in [3.8, 4) is 0 Å². The lowest BCUT2D eigenvalue weighted by atomic mass is 10.1. The molecule has 0 amide bonds. The highest BCUT2D eigenvalue weighted by Crippen LogP contribution is 2.12. The van der Waals surface area contributed by atoms with Gasteiger partial charge >= 0.3 is 17.9 Å². The predicted molar refractivity (Wildman–Crippen MR) is 325 cm³/mol. The third-order valence-electron chi connectivity index (χ3n) is 11.7. The zero-order valence-electron chi connectivity index (χ0n) is 47.7. The highest BCUT2D eigenvalue weighted by molar-refractivity contribution is 5.71. The van der Waals surface area contributed by atoms with Gasteiger partial charge in [-0.15, -0.1) is 0 Å². The molecule has 0 saturated carbocycles. The lowest BCUT2D eigenvalue weighted by Gasteiger charge is -2.18. The summed E-state index contributed by atoms with van der Waals surface area (Å²) in [5.41, 5.74) is 0. The number of allylic oxidation sites excluding steroid dienone is 28. The van der Waals surface area contributed by atoms with E-state index in [0.717, 1.165) is 173 Å². The SMILES string of the molecule is CC/C=C\C/C=C\C/C=C\C/C=C\C/C=C\C/C=C\C/C=C\C/C=C\CCCCCCC(=O)OCC(COC(=O)CCCCCCC/C=C\C/C=C\CCC)OC(=O)CCCC/C=C\C/C=C\C/C=C\C/C=C\CC. The summed E-state index contributed by atoms with van der Waals surface area (Å²) in [5.74, 6) is -1.01. The molecule has 0 heterocycles. The molecule has 0 aromatic heterocycles. The van der Waals surface area contributed by atoms with E-state index in [4.69, 9.17) is 14.2 Å². The van der Waals surface area contributed by atoms with Crippen molar-refractivity contribution in [1.29, 1.82) is 0 Å². The van der Waals surface area contributed by atoms with Crippen LogP contribution in [0.15, 0.2) is 170 Å². The van der Waals surface area contributed by atoms with Gasteiger partial charge in [0.05, 0.1) is 0 Å². The average Bonchev–Trinajstić information content (AvgIpc) is 3.41. The first-order valence-electron chi connectivity index (χ1n) is 29.6. The summed E-state index contributed by atoms with van der Waals surface area (Å²) in [7, 11) is 0. The van der Waals surface area contributed by atoms with Crippen molar-refractivity contribution in [3.63, 3.8) is 0 Å². The number of carbonyl (C=O) groups excluding carboxylic acids is 3. The molecular weight excluding hydrogens is 925 g/mol. The van der Waals surface area contributed by atoms with E-state index in [-0.39, 0.29) is 37.5 Å². The fraction of sp³-hybridized carbons (Fsp3) is 0.551. The van der Waals surface area contributed by atoms with Crippen molar-refractivity contribution in [2.45, 2.75) is 232 Å². The van der Waals surface area contributed by atoms with E-state index >= 15 is 0 Å². The van der Waals surface area contributed by atoms with Crippen molar-refractivity contribution in [2.24, 2.45) is 0 Å². The van der Waals surface area contributed by atoms with Crippen molar-refractivity contribution >= 4 is 17.9 Å². The van der Waals surface area contributed by atoms with Crippen LogP contribution < -0.4 is 0 Å². The third-order valence-corrected chi connectivity index (χ3v) is 11.7. The van der Waals surface area contributed by atoms with Crippen LogP contribution in [0.25, 0.3) is 0 Å². The van der Waals surface area contributed by atoms with Crippen molar-refractivity contribution in [3.05, 3.63) is 170 Å². The van der Waals surface area contributed by atoms with E-state index in [1.54, 1.807) is 0 Å². The first-order chi connectivity index (χ1) is 37.0. The lowest BCUT2D eigenvalue weighted by Crippen LogP contribution is -2.30. The quantitative estimate of drug-likeness (QED) is 0.0261. The Bertz CT molecular complexity index is 1750. The van der Waals surface area contributed by atoms with Crippen LogP contribution in [0.1, 0.15) is 226 Å². The van der Waals surface area contributed by atoms with Crippen LogP contribution in [-0.2, 0) is 28.6 Å².